The Hall–Kier alpha value is -3.74. The van der Waals surface area contributed by atoms with Crippen LogP contribution in [0.5, 0.6) is 11.5 Å². The Kier molecular flexibility index (Phi) is 3.24. The fourth-order valence-corrected chi connectivity index (χ4v) is 3.42. The monoisotopic (exact) mass is 362 g/mol. The number of H-pyrrole nitrogens is 1. The Balaban J connectivity index is 1.72. The van der Waals surface area contributed by atoms with Crippen molar-refractivity contribution in [1.82, 2.24) is 4.98 Å². The molecule has 1 amide bonds. The highest BCUT2D eigenvalue weighted by Crippen LogP contribution is 2.34. The molecule has 0 aliphatic carbocycles. The molecule has 0 saturated heterocycles. The predicted molar refractivity (Wildman–Crippen MR) is 98.2 cm³/mol. The Labute approximate surface area is 152 Å². The second kappa shape index (κ2) is 5.63. The van der Waals surface area contributed by atoms with Gasteiger partial charge in [-0.25, -0.2) is 0 Å². The second-order valence-electron chi connectivity index (χ2n) is 6.34. The molecule has 3 heterocycles. The molecule has 0 radical (unpaired) electrons. The number of hydrogen-bond donors (Lipinski definition) is 2. The number of aromatic nitrogens is 1. The molecule has 0 bridgehead atoms. The van der Waals surface area contributed by atoms with Crippen LogP contribution in [0.25, 0.3) is 21.9 Å². The van der Waals surface area contributed by atoms with Crippen LogP contribution in [0.4, 0.5) is 0 Å². The number of rotatable bonds is 3. The van der Waals surface area contributed by atoms with E-state index in [9.17, 15) is 9.59 Å². The summed E-state index contributed by atoms with van der Waals surface area (Å²) in [6, 6.07) is 12.5. The van der Waals surface area contributed by atoms with Gasteiger partial charge in [-0.2, -0.15) is 0 Å². The number of nitrogens with two attached hydrogens (primary N) is 1. The molecule has 3 N–H and O–H groups in total. The minimum absolute atomic E-state index is 0.0558. The maximum atomic E-state index is 12.9. The molecule has 2 aromatic heterocycles. The van der Waals surface area contributed by atoms with E-state index in [4.69, 9.17) is 19.6 Å². The smallest absolute Gasteiger partial charge is 0.266 e. The van der Waals surface area contributed by atoms with Gasteiger partial charge in [-0.05, 0) is 29.8 Å². The average Bonchev–Trinajstić information content (AvgIpc) is 3.27. The van der Waals surface area contributed by atoms with Gasteiger partial charge in [0.05, 0.1) is 16.5 Å². The summed E-state index contributed by atoms with van der Waals surface area (Å²) in [7, 11) is 0. The summed E-state index contributed by atoms with van der Waals surface area (Å²) in [5, 5.41) is 0.582. The molecule has 4 aromatic rings. The molecule has 0 unspecified atom stereocenters. The van der Waals surface area contributed by atoms with E-state index in [1.165, 1.54) is 0 Å². The van der Waals surface area contributed by atoms with Gasteiger partial charge >= 0.3 is 0 Å². The van der Waals surface area contributed by atoms with Gasteiger partial charge < -0.3 is 24.6 Å². The highest BCUT2D eigenvalue weighted by atomic mass is 16.7. The molecule has 2 aromatic carbocycles. The molecule has 7 heteroatoms. The Bertz CT molecular complexity index is 1290. The molecule has 0 spiro atoms. The van der Waals surface area contributed by atoms with E-state index in [0.29, 0.717) is 40.2 Å². The third-order valence-corrected chi connectivity index (χ3v) is 4.66. The first-order chi connectivity index (χ1) is 13.1. The maximum Gasteiger partial charge on any atom is 0.266 e. The number of aromatic amines is 1. The van der Waals surface area contributed by atoms with Crippen LogP contribution in [-0.4, -0.2) is 17.7 Å². The predicted octanol–water partition coefficient (Wildman–Crippen LogP) is 2.69. The standard InChI is InChI=1S/C20H14N2O5/c21-20(24)17-16-18(23)11-3-1-2-4-13(11)27-19(16)12(22-17)7-10-5-6-14-15(8-10)26-9-25-14/h1-6,8,22H,7,9H2,(H2,21,24). The molecule has 5 rings (SSSR count). The van der Waals surface area contributed by atoms with Crippen LogP contribution < -0.4 is 20.6 Å². The number of fused-ring (bicyclic) bond motifs is 3. The molecule has 134 valence electrons. The van der Waals surface area contributed by atoms with Crippen molar-refractivity contribution in [3.8, 4) is 11.5 Å². The number of benzene rings is 2. The summed E-state index contributed by atoms with van der Waals surface area (Å²) >= 11 is 0. The molecule has 0 atom stereocenters. The molecule has 0 saturated carbocycles. The number of carbonyl (C=O) groups excluding carboxylic acids is 1. The van der Waals surface area contributed by atoms with Gasteiger partial charge in [0.15, 0.2) is 17.1 Å². The molecule has 7 nitrogen and oxygen atoms in total. The fourth-order valence-electron chi connectivity index (χ4n) is 3.42. The Morgan fingerprint density at radius 1 is 1.11 bits per heavy atom. The summed E-state index contributed by atoms with van der Waals surface area (Å²) in [6.45, 7) is 0.191. The van der Waals surface area contributed by atoms with Crippen molar-refractivity contribution in [3.63, 3.8) is 0 Å². The average molecular weight is 362 g/mol. The molecule has 0 fully saturated rings. The van der Waals surface area contributed by atoms with Crippen molar-refractivity contribution in [2.75, 3.05) is 6.79 Å². The summed E-state index contributed by atoms with van der Waals surface area (Å²) in [5.41, 5.74) is 7.56. The van der Waals surface area contributed by atoms with Crippen LogP contribution in [0.15, 0.2) is 51.7 Å². The molecule has 1 aliphatic heterocycles. The van der Waals surface area contributed by atoms with Crippen LogP contribution in [-0.2, 0) is 6.42 Å². The number of amides is 1. The van der Waals surface area contributed by atoms with E-state index < -0.39 is 5.91 Å². The van der Waals surface area contributed by atoms with Crippen LogP contribution in [0.2, 0.25) is 0 Å². The quantitative estimate of drug-likeness (QED) is 0.583. The Morgan fingerprint density at radius 2 is 1.93 bits per heavy atom. The van der Waals surface area contributed by atoms with E-state index in [1.807, 2.05) is 18.2 Å². The number of hydrogen-bond acceptors (Lipinski definition) is 5. The van der Waals surface area contributed by atoms with Crippen molar-refractivity contribution < 1.29 is 18.7 Å². The number of primary amides is 1. The summed E-state index contributed by atoms with van der Waals surface area (Å²) in [6.07, 6.45) is 0.404. The SMILES string of the molecule is NC(=O)c1[nH]c(Cc2ccc3c(c2)OCO3)c2oc3ccccc3c(=O)c12. The van der Waals surface area contributed by atoms with Crippen LogP contribution in [0, 0.1) is 0 Å². The lowest BCUT2D eigenvalue weighted by molar-refractivity contribution is 0.0997. The van der Waals surface area contributed by atoms with E-state index in [1.54, 1.807) is 24.3 Å². The molecule has 27 heavy (non-hydrogen) atoms. The summed E-state index contributed by atoms with van der Waals surface area (Å²) < 4.78 is 16.7. The van der Waals surface area contributed by atoms with Gasteiger partial charge in [-0.1, -0.05) is 18.2 Å². The van der Waals surface area contributed by atoms with Crippen molar-refractivity contribution >= 4 is 27.8 Å². The number of carbonyl (C=O) groups is 1. The van der Waals surface area contributed by atoms with E-state index in [-0.39, 0.29) is 23.3 Å². The largest absolute Gasteiger partial charge is 0.454 e. The minimum Gasteiger partial charge on any atom is -0.454 e. The van der Waals surface area contributed by atoms with Gasteiger partial charge in [-0.15, -0.1) is 0 Å². The van der Waals surface area contributed by atoms with Gasteiger partial charge in [-0.3, -0.25) is 9.59 Å². The van der Waals surface area contributed by atoms with Crippen molar-refractivity contribution in [2.24, 2.45) is 5.73 Å². The van der Waals surface area contributed by atoms with E-state index >= 15 is 0 Å². The van der Waals surface area contributed by atoms with Crippen LogP contribution >= 0.6 is 0 Å². The zero-order chi connectivity index (χ0) is 18.5. The number of nitrogens with one attached hydrogen (secondary N) is 1. The molecule has 1 aliphatic rings. The first-order valence-electron chi connectivity index (χ1n) is 8.36. The minimum atomic E-state index is -0.709. The summed E-state index contributed by atoms with van der Waals surface area (Å²) in [5.74, 6) is 0.635. The van der Waals surface area contributed by atoms with Gasteiger partial charge in [0, 0.05) is 6.42 Å². The topological polar surface area (TPSA) is 108 Å². The zero-order valence-electron chi connectivity index (χ0n) is 14.1. The lowest BCUT2D eigenvalue weighted by atomic mass is 10.1. The third-order valence-electron chi connectivity index (χ3n) is 4.66. The molecular formula is C20H14N2O5. The van der Waals surface area contributed by atoms with Gasteiger partial charge in [0.2, 0.25) is 12.2 Å². The Morgan fingerprint density at radius 3 is 2.78 bits per heavy atom. The van der Waals surface area contributed by atoms with Crippen molar-refractivity contribution in [1.29, 1.82) is 0 Å². The van der Waals surface area contributed by atoms with Crippen molar-refractivity contribution in [3.05, 3.63) is 69.6 Å². The van der Waals surface area contributed by atoms with Gasteiger partial charge in [0.25, 0.3) is 5.91 Å². The summed E-state index contributed by atoms with van der Waals surface area (Å²) in [4.78, 5) is 27.8. The van der Waals surface area contributed by atoms with Crippen LogP contribution in [0.3, 0.4) is 0 Å². The van der Waals surface area contributed by atoms with Crippen molar-refractivity contribution in [2.45, 2.75) is 6.42 Å². The van der Waals surface area contributed by atoms with Gasteiger partial charge in [0.1, 0.15) is 11.3 Å². The lowest BCUT2D eigenvalue weighted by Crippen LogP contribution is -2.15. The fraction of sp³-hybridized carbons (Fsp3) is 0.100. The van der Waals surface area contributed by atoms with E-state index in [0.717, 1.165) is 5.56 Å². The number of para-hydroxylation sites is 1. The highest BCUT2D eigenvalue weighted by Gasteiger charge is 2.22. The normalized spacial score (nSPS) is 12.7. The zero-order valence-corrected chi connectivity index (χ0v) is 14.1. The first kappa shape index (κ1) is 15.5. The first-order valence-corrected chi connectivity index (χ1v) is 8.36. The van der Waals surface area contributed by atoms with E-state index in [2.05, 4.69) is 4.98 Å². The maximum absolute atomic E-state index is 12.9. The number of ether oxygens (including phenoxy) is 2. The highest BCUT2D eigenvalue weighted by molar-refractivity contribution is 6.07. The molecular weight excluding hydrogens is 348 g/mol. The third kappa shape index (κ3) is 2.36. The van der Waals surface area contributed by atoms with Crippen LogP contribution in [0.1, 0.15) is 21.7 Å². The second-order valence-corrected chi connectivity index (χ2v) is 6.34. The lowest BCUT2D eigenvalue weighted by Gasteiger charge is -2.03.